The van der Waals surface area contributed by atoms with E-state index in [4.69, 9.17) is 22.3 Å². The summed E-state index contributed by atoms with van der Waals surface area (Å²) < 4.78 is 0. The van der Waals surface area contributed by atoms with Crippen molar-refractivity contribution in [3.63, 3.8) is 0 Å². The molecule has 0 radical (unpaired) electrons. The van der Waals surface area contributed by atoms with Crippen molar-refractivity contribution in [2.45, 2.75) is 63.7 Å². The summed E-state index contributed by atoms with van der Waals surface area (Å²) in [4.78, 5) is 69.0. The first kappa shape index (κ1) is 32.6. The first-order valence-electron chi connectivity index (χ1n) is 13.0. The van der Waals surface area contributed by atoms with Crippen molar-refractivity contribution in [1.29, 1.82) is 0 Å². The Morgan fingerprint density at radius 3 is 2.20 bits per heavy atom. The molecule has 0 saturated heterocycles. The topological polar surface area (TPSA) is 268 Å². The standard InChI is InChI=1S/C26H38N8O7/c1-13(2)21(25(40)41)34-23(38)18(8-5-9-30-26(28)29)32-24(39)19(33-22(37)16(27)11-20(35)36)10-14-12-31-17-7-4-3-6-15(14)17/h3-4,6-7,12-13,16,18-19,21,31H,5,8-11,27H2,1-2H3,(H,32,39)(H,33,37)(H,34,38)(H,35,36)(H,40,41)(H4,28,29,30). The molecule has 12 N–H and O–H groups in total. The number of nitrogens with zero attached hydrogens (tertiary/aromatic N) is 1. The van der Waals surface area contributed by atoms with E-state index < -0.39 is 66.2 Å². The van der Waals surface area contributed by atoms with Crippen molar-refractivity contribution in [3.8, 4) is 0 Å². The van der Waals surface area contributed by atoms with E-state index in [-0.39, 0.29) is 31.8 Å². The Balaban J connectivity index is 2.33. The monoisotopic (exact) mass is 574 g/mol. The SMILES string of the molecule is CC(C)C(NC(=O)C(CCCN=C(N)N)NC(=O)C(Cc1c[nH]c2ccccc12)NC(=O)C(N)CC(=O)O)C(=O)O. The van der Waals surface area contributed by atoms with Gasteiger partial charge in [0, 0.05) is 30.1 Å². The number of guanidine groups is 1. The zero-order chi connectivity index (χ0) is 30.7. The average Bonchev–Trinajstić information content (AvgIpc) is 3.30. The van der Waals surface area contributed by atoms with E-state index in [1.54, 1.807) is 26.1 Å². The molecule has 1 aromatic heterocycles. The van der Waals surface area contributed by atoms with Crippen molar-refractivity contribution >= 4 is 46.5 Å². The predicted octanol–water partition coefficient (Wildman–Crippen LogP) is -1.24. The van der Waals surface area contributed by atoms with E-state index in [0.717, 1.165) is 10.9 Å². The lowest BCUT2D eigenvalue weighted by atomic mass is 10.0. The summed E-state index contributed by atoms with van der Waals surface area (Å²) in [5.41, 5.74) is 17.9. The van der Waals surface area contributed by atoms with Crippen LogP contribution in [-0.2, 0) is 30.4 Å². The van der Waals surface area contributed by atoms with Crippen LogP contribution in [0.1, 0.15) is 38.7 Å². The minimum atomic E-state index is -1.42. The summed E-state index contributed by atoms with van der Waals surface area (Å²) in [6.07, 6.45) is 1.31. The molecule has 15 nitrogen and oxygen atoms in total. The van der Waals surface area contributed by atoms with Crippen LogP contribution in [0.2, 0.25) is 0 Å². The van der Waals surface area contributed by atoms with E-state index in [2.05, 4.69) is 25.9 Å². The van der Waals surface area contributed by atoms with Crippen LogP contribution in [0.4, 0.5) is 0 Å². The third-order valence-corrected chi connectivity index (χ3v) is 6.27. The number of nitrogens with one attached hydrogen (secondary N) is 4. The van der Waals surface area contributed by atoms with Gasteiger partial charge in [-0.25, -0.2) is 4.79 Å². The number of aromatic amines is 1. The number of carboxylic acids is 2. The fourth-order valence-electron chi connectivity index (χ4n) is 4.10. The number of carbonyl (C=O) groups is 5. The molecule has 3 amide bonds. The number of rotatable bonds is 16. The van der Waals surface area contributed by atoms with E-state index in [1.807, 2.05) is 18.2 Å². The summed E-state index contributed by atoms with van der Waals surface area (Å²) in [7, 11) is 0. The van der Waals surface area contributed by atoms with Crippen molar-refractivity contribution in [1.82, 2.24) is 20.9 Å². The van der Waals surface area contributed by atoms with Crippen molar-refractivity contribution in [2.75, 3.05) is 6.54 Å². The normalized spacial score (nSPS) is 14.0. The van der Waals surface area contributed by atoms with Gasteiger partial charge >= 0.3 is 11.9 Å². The second-order valence-corrected chi connectivity index (χ2v) is 9.91. The number of aliphatic imine (C=N–C) groups is 1. The Bertz CT molecular complexity index is 1270. The molecular weight excluding hydrogens is 536 g/mol. The van der Waals surface area contributed by atoms with Crippen LogP contribution in [0.5, 0.6) is 0 Å². The number of para-hydroxylation sites is 1. The zero-order valence-electron chi connectivity index (χ0n) is 22.9. The molecule has 1 aromatic carbocycles. The van der Waals surface area contributed by atoms with Crippen molar-refractivity contribution in [2.24, 2.45) is 28.1 Å². The van der Waals surface area contributed by atoms with Gasteiger partial charge in [-0.1, -0.05) is 32.0 Å². The van der Waals surface area contributed by atoms with Gasteiger partial charge in [0.15, 0.2) is 5.96 Å². The largest absolute Gasteiger partial charge is 0.481 e. The minimum absolute atomic E-state index is 0.0204. The molecular formula is C26H38N8O7. The predicted molar refractivity (Wildman–Crippen MR) is 150 cm³/mol. The highest BCUT2D eigenvalue weighted by Gasteiger charge is 2.32. The Morgan fingerprint density at radius 1 is 0.951 bits per heavy atom. The van der Waals surface area contributed by atoms with Crippen LogP contribution in [0.15, 0.2) is 35.5 Å². The molecule has 2 rings (SSSR count). The number of aliphatic carboxylic acids is 2. The maximum Gasteiger partial charge on any atom is 0.326 e. The van der Waals surface area contributed by atoms with E-state index in [1.165, 1.54) is 0 Å². The quantitative estimate of drug-likeness (QED) is 0.0653. The Morgan fingerprint density at radius 2 is 1.59 bits per heavy atom. The number of hydrogen-bond donors (Lipinski definition) is 9. The lowest BCUT2D eigenvalue weighted by Crippen LogP contribution is -2.58. The molecule has 0 saturated carbocycles. The van der Waals surface area contributed by atoms with E-state index in [9.17, 15) is 29.1 Å². The van der Waals surface area contributed by atoms with Gasteiger partial charge in [-0.3, -0.25) is 24.2 Å². The second-order valence-electron chi connectivity index (χ2n) is 9.91. The molecule has 2 aromatic rings. The van der Waals surface area contributed by atoms with Gasteiger partial charge in [-0.05, 0) is 30.4 Å². The average molecular weight is 575 g/mol. The fraction of sp³-hybridized carbons (Fsp3) is 0.462. The van der Waals surface area contributed by atoms with Crippen molar-refractivity contribution < 1.29 is 34.2 Å². The third-order valence-electron chi connectivity index (χ3n) is 6.27. The highest BCUT2D eigenvalue weighted by atomic mass is 16.4. The molecule has 0 bridgehead atoms. The van der Waals surface area contributed by atoms with Crippen LogP contribution in [0.25, 0.3) is 10.9 Å². The van der Waals surface area contributed by atoms with Crippen molar-refractivity contribution in [3.05, 3.63) is 36.0 Å². The van der Waals surface area contributed by atoms with Gasteiger partial charge in [0.2, 0.25) is 17.7 Å². The molecule has 0 aliphatic carbocycles. The van der Waals surface area contributed by atoms with Crippen LogP contribution in [0, 0.1) is 5.92 Å². The number of carboxylic acid groups (broad SMARTS) is 2. The van der Waals surface area contributed by atoms with Crippen LogP contribution < -0.4 is 33.2 Å². The number of benzene rings is 1. The molecule has 4 unspecified atom stereocenters. The number of nitrogens with two attached hydrogens (primary N) is 3. The summed E-state index contributed by atoms with van der Waals surface area (Å²) in [5, 5.41) is 26.9. The number of H-pyrrole nitrogens is 1. The highest BCUT2D eigenvalue weighted by molar-refractivity contribution is 5.95. The van der Waals surface area contributed by atoms with Crippen LogP contribution >= 0.6 is 0 Å². The Hall–Kier alpha value is -4.66. The molecule has 0 aliphatic rings. The van der Waals surface area contributed by atoms with E-state index >= 15 is 0 Å². The van der Waals surface area contributed by atoms with Crippen LogP contribution in [0.3, 0.4) is 0 Å². The number of carbonyl (C=O) groups excluding carboxylic acids is 3. The maximum absolute atomic E-state index is 13.5. The minimum Gasteiger partial charge on any atom is -0.481 e. The number of amides is 3. The van der Waals surface area contributed by atoms with Gasteiger partial charge in [-0.15, -0.1) is 0 Å². The van der Waals surface area contributed by atoms with Gasteiger partial charge < -0.3 is 48.3 Å². The fourth-order valence-corrected chi connectivity index (χ4v) is 4.10. The van der Waals surface area contributed by atoms with Gasteiger partial charge in [0.05, 0.1) is 12.5 Å². The second kappa shape index (κ2) is 15.2. The lowest BCUT2D eigenvalue weighted by molar-refractivity contribution is -0.143. The summed E-state index contributed by atoms with van der Waals surface area (Å²) in [6, 6.07) is 2.20. The number of fused-ring (bicyclic) bond motifs is 1. The summed E-state index contributed by atoms with van der Waals surface area (Å²) in [5.74, 6) is -5.50. The van der Waals surface area contributed by atoms with Gasteiger partial charge in [0.1, 0.15) is 18.1 Å². The van der Waals surface area contributed by atoms with Gasteiger partial charge in [-0.2, -0.15) is 0 Å². The zero-order valence-corrected chi connectivity index (χ0v) is 22.9. The molecule has 0 aliphatic heterocycles. The number of hydrogen-bond acceptors (Lipinski definition) is 7. The molecule has 224 valence electrons. The third kappa shape index (κ3) is 10.1. The smallest absolute Gasteiger partial charge is 0.326 e. The van der Waals surface area contributed by atoms with E-state index in [0.29, 0.717) is 5.56 Å². The first-order valence-corrected chi connectivity index (χ1v) is 13.0. The molecule has 4 atom stereocenters. The van der Waals surface area contributed by atoms with Crippen LogP contribution in [-0.4, -0.2) is 81.5 Å². The molecule has 1 heterocycles. The lowest BCUT2D eigenvalue weighted by Gasteiger charge is -2.26. The highest BCUT2D eigenvalue weighted by Crippen LogP contribution is 2.19. The Labute approximate surface area is 236 Å². The molecule has 41 heavy (non-hydrogen) atoms. The number of aromatic nitrogens is 1. The first-order chi connectivity index (χ1) is 19.3. The maximum atomic E-state index is 13.5. The molecule has 0 spiro atoms. The summed E-state index contributed by atoms with van der Waals surface area (Å²) in [6.45, 7) is 3.39. The van der Waals surface area contributed by atoms with Gasteiger partial charge in [0.25, 0.3) is 0 Å². The Kier molecular flexibility index (Phi) is 12.1. The summed E-state index contributed by atoms with van der Waals surface area (Å²) >= 11 is 0. The molecule has 15 heteroatoms. The molecule has 0 fully saturated rings.